The fourth-order valence-corrected chi connectivity index (χ4v) is 3.32. The molecule has 1 fully saturated rings. The molecule has 138 valence electrons. The van der Waals surface area contributed by atoms with Gasteiger partial charge in [-0.2, -0.15) is 5.10 Å². The van der Waals surface area contributed by atoms with Crippen molar-refractivity contribution in [2.24, 2.45) is 0 Å². The summed E-state index contributed by atoms with van der Waals surface area (Å²) in [6.45, 7) is 5.94. The van der Waals surface area contributed by atoms with E-state index in [-0.39, 0.29) is 5.91 Å². The van der Waals surface area contributed by atoms with E-state index >= 15 is 0 Å². The molecule has 1 aromatic carbocycles. The van der Waals surface area contributed by atoms with E-state index in [0.29, 0.717) is 26.2 Å². The highest BCUT2D eigenvalue weighted by atomic mass is 16.6. The molecule has 1 amide bonds. The smallest absolute Gasteiger partial charge is 0.224 e. The van der Waals surface area contributed by atoms with E-state index in [9.17, 15) is 4.79 Å². The molecule has 0 bridgehead atoms. The van der Waals surface area contributed by atoms with Crippen LogP contribution in [0.1, 0.15) is 12.0 Å². The molecule has 3 heterocycles. The summed E-state index contributed by atoms with van der Waals surface area (Å²) < 4.78 is 12.9. The molecule has 26 heavy (non-hydrogen) atoms. The highest BCUT2D eigenvalue weighted by molar-refractivity contribution is 5.76. The average molecular weight is 357 g/mol. The predicted octanol–water partition coefficient (Wildman–Crippen LogP) is 0.784. The topological polar surface area (TPSA) is 72.7 Å². The third kappa shape index (κ3) is 3.96. The van der Waals surface area contributed by atoms with E-state index in [2.05, 4.69) is 27.1 Å². The number of benzene rings is 1. The number of carbonyl (C=O) groups excluding carboxylic acids is 1. The number of aromatic nitrogens is 3. The molecule has 0 N–H and O–H groups in total. The third-order valence-corrected chi connectivity index (χ3v) is 4.76. The maximum absolute atomic E-state index is 12.3. The molecule has 8 nitrogen and oxygen atoms in total. The Morgan fingerprint density at radius 1 is 1.08 bits per heavy atom. The molecule has 0 aliphatic carbocycles. The van der Waals surface area contributed by atoms with Gasteiger partial charge in [0.2, 0.25) is 5.91 Å². The Morgan fingerprint density at radius 2 is 1.88 bits per heavy atom. The summed E-state index contributed by atoms with van der Waals surface area (Å²) in [7, 11) is 0. The highest BCUT2D eigenvalue weighted by Crippen LogP contribution is 2.31. The van der Waals surface area contributed by atoms with Gasteiger partial charge >= 0.3 is 0 Å². The van der Waals surface area contributed by atoms with Crippen LogP contribution in [-0.2, 0) is 17.9 Å². The number of aryl methyl sites for hydroxylation is 1. The summed E-state index contributed by atoms with van der Waals surface area (Å²) >= 11 is 0. The van der Waals surface area contributed by atoms with Gasteiger partial charge < -0.3 is 14.4 Å². The number of hydrogen-bond acceptors (Lipinski definition) is 6. The van der Waals surface area contributed by atoms with E-state index in [1.54, 1.807) is 11.0 Å². The van der Waals surface area contributed by atoms with Gasteiger partial charge in [-0.25, -0.2) is 4.98 Å². The first-order valence-corrected chi connectivity index (χ1v) is 8.99. The fraction of sp³-hybridized carbons (Fsp3) is 0.500. The Morgan fingerprint density at radius 3 is 2.65 bits per heavy atom. The molecule has 0 saturated carbocycles. The molecule has 0 spiro atoms. The zero-order valence-corrected chi connectivity index (χ0v) is 14.7. The largest absolute Gasteiger partial charge is 0.486 e. The second-order valence-corrected chi connectivity index (χ2v) is 6.54. The second-order valence-electron chi connectivity index (χ2n) is 6.54. The van der Waals surface area contributed by atoms with Crippen molar-refractivity contribution in [3.05, 3.63) is 36.4 Å². The quantitative estimate of drug-likeness (QED) is 0.788. The van der Waals surface area contributed by atoms with Gasteiger partial charge in [0.05, 0.1) is 6.54 Å². The van der Waals surface area contributed by atoms with Crippen molar-refractivity contribution in [3.63, 3.8) is 0 Å². The summed E-state index contributed by atoms with van der Waals surface area (Å²) in [5.41, 5.74) is 1.21. The summed E-state index contributed by atoms with van der Waals surface area (Å²) in [4.78, 5) is 20.5. The van der Waals surface area contributed by atoms with Gasteiger partial charge in [0, 0.05) is 39.1 Å². The number of carbonyl (C=O) groups is 1. The fourth-order valence-electron chi connectivity index (χ4n) is 3.32. The van der Waals surface area contributed by atoms with Crippen molar-refractivity contribution in [2.75, 3.05) is 39.4 Å². The molecule has 1 saturated heterocycles. The van der Waals surface area contributed by atoms with Gasteiger partial charge in [0.15, 0.2) is 11.5 Å². The lowest BCUT2D eigenvalue weighted by Gasteiger charge is -2.35. The minimum Gasteiger partial charge on any atom is -0.486 e. The molecule has 2 aliphatic rings. The maximum atomic E-state index is 12.3. The summed E-state index contributed by atoms with van der Waals surface area (Å²) in [5, 5.41) is 4.03. The second kappa shape index (κ2) is 7.74. The van der Waals surface area contributed by atoms with Crippen LogP contribution in [0, 0.1) is 0 Å². The van der Waals surface area contributed by atoms with Gasteiger partial charge in [0.1, 0.15) is 25.9 Å². The SMILES string of the molecule is O=C(CCn1cncn1)N1CCN(Cc2ccc3c(c2)OCCO3)CC1. The van der Waals surface area contributed by atoms with Crippen molar-refractivity contribution in [1.29, 1.82) is 0 Å². The maximum Gasteiger partial charge on any atom is 0.224 e. The van der Waals surface area contributed by atoms with Crippen molar-refractivity contribution >= 4 is 5.91 Å². The standard InChI is InChI=1S/C18H23N5O3/c24-18(3-4-23-14-19-13-20-23)22-7-5-21(6-8-22)12-15-1-2-16-17(11-15)26-10-9-25-16/h1-2,11,13-14H,3-10,12H2. The predicted molar refractivity (Wildman–Crippen MR) is 93.9 cm³/mol. The normalized spacial score (nSPS) is 17.3. The first-order valence-electron chi connectivity index (χ1n) is 8.99. The van der Waals surface area contributed by atoms with E-state index in [1.807, 2.05) is 11.0 Å². The summed E-state index contributed by atoms with van der Waals surface area (Å²) in [6.07, 6.45) is 3.59. The lowest BCUT2D eigenvalue weighted by molar-refractivity contribution is -0.133. The Labute approximate surface area is 152 Å². The molecule has 0 unspecified atom stereocenters. The number of hydrogen-bond donors (Lipinski definition) is 0. The Hall–Kier alpha value is -2.61. The van der Waals surface area contributed by atoms with Crippen LogP contribution in [0.2, 0.25) is 0 Å². The van der Waals surface area contributed by atoms with Crippen LogP contribution < -0.4 is 9.47 Å². The lowest BCUT2D eigenvalue weighted by Crippen LogP contribution is -2.48. The molecule has 2 aromatic rings. The van der Waals surface area contributed by atoms with Crippen LogP contribution in [-0.4, -0.2) is 69.9 Å². The summed E-state index contributed by atoms with van der Waals surface area (Å²) in [6, 6.07) is 6.13. The van der Waals surface area contributed by atoms with Crippen molar-refractivity contribution in [2.45, 2.75) is 19.5 Å². The van der Waals surface area contributed by atoms with E-state index in [4.69, 9.17) is 9.47 Å². The molecule has 0 atom stereocenters. The van der Waals surface area contributed by atoms with E-state index < -0.39 is 0 Å². The Kier molecular flexibility index (Phi) is 5.01. The van der Waals surface area contributed by atoms with E-state index in [1.165, 1.54) is 11.9 Å². The van der Waals surface area contributed by atoms with Crippen molar-refractivity contribution in [1.82, 2.24) is 24.6 Å². The first-order chi connectivity index (χ1) is 12.8. The first kappa shape index (κ1) is 16.8. The van der Waals surface area contributed by atoms with Gasteiger partial charge in [-0.05, 0) is 17.7 Å². The van der Waals surface area contributed by atoms with Crippen LogP contribution in [0.25, 0.3) is 0 Å². The van der Waals surface area contributed by atoms with E-state index in [0.717, 1.165) is 44.2 Å². The number of amides is 1. The number of rotatable bonds is 5. The molecular formula is C18H23N5O3. The third-order valence-electron chi connectivity index (χ3n) is 4.76. The highest BCUT2D eigenvalue weighted by Gasteiger charge is 2.21. The monoisotopic (exact) mass is 357 g/mol. The van der Waals surface area contributed by atoms with Crippen LogP contribution in [0.4, 0.5) is 0 Å². The molecule has 8 heteroatoms. The molecule has 4 rings (SSSR count). The molecule has 2 aliphatic heterocycles. The molecule has 1 aromatic heterocycles. The minimum absolute atomic E-state index is 0.180. The van der Waals surface area contributed by atoms with Gasteiger partial charge in [-0.15, -0.1) is 0 Å². The number of ether oxygens (including phenoxy) is 2. The molecular weight excluding hydrogens is 334 g/mol. The number of piperazine rings is 1. The Bertz CT molecular complexity index is 741. The zero-order valence-electron chi connectivity index (χ0n) is 14.7. The minimum atomic E-state index is 0.180. The average Bonchev–Trinajstić information content (AvgIpc) is 3.20. The zero-order chi connectivity index (χ0) is 17.8. The van der Waals surface area contributed by atoms with Crippen LogP contribution >= 0.6 is 0 Å². The van der Waals surface area contributed by atoms with Crippen LogP contribution in [0.15, 0.2) is 30.9 Å². The summed E-state index contributed by atoms with van der Waals surface area (Å²) in [5.74, 6) is 1.83. The van der Waals surface area contributed by atoms with Crippen LogP contribution in [0.3, 0.4) is 0 Å². The van der Waals surface area contributed by atoms with Gasteiger partial charge in [-0.1, -0.05) is 6.07 Å². The van der Waals surface area contributed by atoms with Crippen LogP contribution in [0.5, 0.6) is 11.5 Å². The van der Waals surface area contributed by atoms with Gasteiger partial charge in [-0.3, -0.25) is 14.4 Å². The Balaban J connectivity index is 1.25. The van der Waals surface area contributed by atoms with Gasteiger partial charge in [0.25, 0.3) is 0 Å². The lowest BCUT2D eigenvalue weighted by atomic mass is 10.1. The number of fused-ring (bicyclic) bond motifs is 1. The van der Waals surface area contributed by atoms with Crippen molar-refractivity contribution < 1.29 is 14.3 Å². The molecule has 0 radical (unpaired) electrons. The number of nitrogens with zero attached hydrogens (tertiary/aromatic N) is 5. The van der Waals surface area contributed by atoms with Crippen molar-refractivity contribution in [3.8, 4) is 11.5 Å².